The lowest BCUT2D eigenvalue weighted by Gasteiger charge is -2.09. The largest absolute Gasteiger partial charge is 0.491 e. The van der Waals surface area contributed by atoms with Crippen molar-refractivity contribution >= 4 is 58.0 Å². The molecular weight excluding hydrogens is 700 g/mol. The van der Waals surface area contributed by atoms with Crippen molar-refractivity contribution in [3.63, 3.8) is 0 Å². The van der Waals surface area contributed by atoms with Gasteiger partial charge >= 0.3 is 0 Å². The molecule has 6 nitrogen and oxygen atoms in total. The minimum atomic E-state index is 0.444. The number of hydrogen-bond acceptors (Lipinski definition) is 4. The van der Waals surface area contributed by atoms with E-state index < -0.39 is 0 Å². The first-order valence-electron chi connectivity index (χ1n) is 18.4. The van der Waals surface area contributed by atoms with E-state index in [1.807, 2.05) is 30.3 Å². The highest BCUT2D eigenvalue weighted by molar-refractivity contribution is 6.18. The van der Waals surface area contributed by atoms with Gasteiger partial charge in [-0.15, -0.1) is 11.6 Å². The average molecular weight is 737 g/mol. The highest BCUT2D eigenvalue weighted by Gasteiger charge is 2.19. The molecule has 0 atom stereocenters. The van der Waals surface area contributed by atoms with Crippen LogP contribution >= 0.6 is 11.6 Å². The standard InChI is InChI=1S/C48H37ClN4O2/c49-28-29-54-30-31-55-36-18-16-35(17-19-36)48-43-26-24-41(52-43)46(33-12-6-2-7-13-33)39-22-20-37(50-39)45(32-10-4-1-5-11-32)38-21-23-40(51-38)47(34-14-8-3-9-15-34)42-25-27-44(48)53-42/h1-27,50,53H,28-31H2. The molecule has 7 aromatic rings. The van der Waals surface area contributed by atoms with Crippen molar-refractivity contribution in [3.05, 3.63) is 162 Å². The molecule has 0 amide bonds. The van der Waals surface area contributed by atoms with Crippen LogP contribution in [0.2, 0.25) is 0 Å². The van der Waals surface area contributed by atoms with Crippen LogP contribution in [0.3, 0.4) is 0 Å². The Balaban J connectivity index is 1.35. The number of nitrogens with zero attached hydrogens (tertiary/aromatic N) is 2. The fourth-order valence-electron chi connectivity index (χ4n) is 7.33. The van der Waals surface area contributed by atoms with Gasteiger partial charge in [0.1, 0.15) is 12.4 Å². The van der Waals surface area contributed by atoms with Crippen LogP contribution in [0.4, 0.5) is 0 Å². The number of aromatic amines is 2. The topological polar surface area (TPSA) is 75.8 Å². The van der Waals surface area contributed by atoms with Crippen LogP contribution in [-0.2, 0) is 4.74 Å². The molecule has 0 unspecified atom stereocenters. The number of H-pyrrole nitrogens is 2. The zero-order chi connectivity index (χ0) is 37.0. The monoisotopic (exact) mass is 736 g/mol. The number of benzene rings is 4. The van der Waals surface area contributed by atoms with Crippen molar-refractivity contribution < 1.29 is 9.47 Å². The molecule has 2 aliphatic heterocycles. The molecule has 5 heterocycles. The van der Waals surface area contributed by atoms with Crippen LogP contribution < -0.4 is 4.74 Å². The second kappa shape index (κ2) is 15.5. The molecule has 4 aromatic carbocycles. The quantitative estimate of drug-likeness (QED) is 0.108. The van der Waals surface area contributed by atoms with E-state index in [0.29, 0.717) is 25.7 Å². The predicted octanol–water partition coefficient (Wildman–Crippen LogP) is 12.0. The summed E-state index contributed by atoms with van der Waals surface area (Å²) in [5.74, 6) is 1.23. The molecule has 0 saturated carbocycles. The SMILES string of the molecule is ClCCOCCOc1ccc(-c2c3nc(c(-c4ccccc4)c4ccc([nH]4)c(-c4ccccc4)c4nc(c(-c5ccccc5)c5ccc2[nH]5)C=C4)C=C3)cc1. The number of fused-ring (bicyclic) bond motifs is 8. The number of nitrogens with one attached hydrogen (secondary N) is 2. The number of hydrogen-bond donors (Lipinski definition) is 2. The van der Waals surface area contributed by atoms with E-state index in [-0.39, 0.29) is 0 Å². The van der Waals surface area contributed by atoms with E-state index in [1.165, 1.54) is 0 Å². The minimum Gasteiger partial charge on any atom is -0.491 e. The van der Waals surface area contributed by atoms with Crippen molar-refractivity contribution in [2.75, 3.05) is 25.7 Å². The molecule has 2 N–H and O–H groups in total. The summed E-state index contributed by atoms with van der Waals surface area (Å²) in [5.41, 5.74) is 15.6. The summed E-state index contributed by atoms with van der Waals surface area (Å²) in [6.45, 7) is 1.42. The highest BCUT2D eigenvalue weighted by Crippen LogP contribution is 2.38. The lowest BCUT2D eigenvalue weighted by molar-refractivity contribution is 0.111. The van der Waals surface area contributed by atoms with Crippen molar-refractivity contribution in [1.82, 2.24) is 19.9 Å². The Hall–Kier alpha value is -6.47. The van der Waals surface area contributed by atoms with Gasteiger partial charge in [-0.05, 0) is 83.0 Å². The van der Waals surface area contributed by atoms with Crippen LogP contribution in [0.5, 0.6) is 5.75 Å². The van der Waals surface area contributed by atoms with E-state index in [0.717, 1.165) is 95.1 Å². The Bertz CT molecular complexity index is 2660. The van der Waals surface area contributed by atoms with Gasteiger partial charge in [-0.1, -0.05) is 103 Å². The predicted molar refractivity (Wildman–Crippen MR) is 228 cm³/mol. The Kier molecular flexibility index (Phi) is 9.66. The van der Waals surface area contributed by atoms with Crippen LogP contribution in [0.15, 0.2) is 140 Å². The highest BCUT2D eigenvalue weighted by atomic mass is 35.5. The van der Waals surface area contributed by atoms with Gasteiger partial charge in [-0.3, -0.25) is 0 Å². The first-order valence-corrected chi connectivity index (χ1v) is 19.0. The molecule has 0 aliphatic carbocycles. The normalized spacial score (nSPS) is 11.9. The van der Waals surface area contributed by atoms with Crippen molar-refractivity contribution in [3.8, 4) is 50.3 Å². The van der Waals surface area contributed by atoms with Gasteiger partial charge in [0.05, 0.1) is 36.0 Å². The zero-order valence-corrected chi connectivity index (χ0v) is 30.8. The van der Waals surface area contributed by atoms with Gasteiger partial charge in [-0.25, -0.2) is 9.97 Å². The summed E-state index contributed by atoms with van der Waals surface area (Å²) < 4.78 is 11.5. The average Bonchev–Trinajstić information content (AvgIpc) is 4.08. The Morgan fingerprint density at radius 3 is 1.13 bits per heavy atom. The summed E-state index contributed by atoms with van der Waals surface area (Å²) in [6, 6.07) is 48.1. The van der Waals surface area contributed by atoms with Crippen molar-refractivity contribution in [2.24, 2.45) is 0 Å². The fourth-order valence-corrected chi connectivity index (χ4v) is 7.44. The Labute approximate surface area is 324 Å². The molecule has 3 aromatic heterocycles. The van der Waals surface area contributed by atoms with Crippen LogP contribution in [0.1, 0.15) is 22.8 Å². The number of ether oxygens (including phenoxy) is 2. The second-order valence-corrected chi connectivity index (χ2v) is 13.7. The van der Waals surface area contributed by atoms with E-state index in [2.05, 4.69) is 143 Å². The minimum absolute atomic E-state index is 0.444. The second-order valence-electron chi connectivity index (χ2n) is 13.3. The molecule has 55 heavy (non-hydrogen) atoms. The summed E-state index contributed by atoms with van der Waals surface area (Å²) in [4.78, 5) is 18.4. The number of alkyl halides is 1. The number of aromatic nitrogens is 4. The molecule has 7 heteroatoms. The Morgan fingerprint density at radius 1 is 0.400 bits per heavy atom. The molecule has 8 bridgehead atoms. The first-order chi connectivity index (χ1) is 27.2. The zero-order valence-electron chi connectivity index (χ0n) is 30.0. The summed E-state index contributed by atoms with van der Waals surface area (Å²) in [7, 11) is 0. The molecular formula is C48H37ClN4O2. The third-order valence-corrected chi connectivity index (χ3v) is 9.96. The maximum Gasteiger partial charge on any atom is 0.119 e. The van der Waals surface area contributed by atoms with Gasteiger partial charge in [0, 0.05) is 50.2 Å². The van der Waals surface area contributed by atoms with E-state index >= 15 is 0 Å². The molecule has 0 saturated heterocycles. The van der Waals surface area contributed by atoms with Crippen LogP contribution in [-0.4, -0.2) is 45.6 Å². The van der Waals surface area contributed by atoms with Gasteiger partial charge in [0.15, 0.2) is 0 Å². The van der Waals surface area contributed by atoms with Crippen molar-refractivity contribution in [2.45, 2.75) is 0 Å². The fraction of sp³-hybridized carbons (Fsp3) is 0.0833. The lowest BCUT2D eigenvalue weighted by Crippen LogP contribution is -2.07. The number of halogens is 1. The van der Waals surface area contributed by atoms with E-state index in [9.17, 15) is 0 Å². The first kappa shape index (κ1) is 34.3. The third kappa shape index (κ3) is 7.01. The van der Waals surface area contributed by atoms with Gasteiger partial charge in [0.2, 0.25) is 0 Å². The molecule has 0 radical (unpaired) electrons. The maximum absolute atomic E-state index is 5.98. The maximum atomic E-state index is 5.98. The summed E-state index contributed by atoms with van der Waals surface area (Å²) >= 11 is 5.75. The van der Waals surface area contributed by atoms with Gasteiger partial charge < -0.3 is 19.4 Å². The van der Waals surface area contributed by atoms with Crippen LogP contribution in [0.25, 0.3) is 90.9 Å². The van der Waals surface area contributed by atoms with Gasteiger partial charge in [0.25, 0.3) is 0 Å². The van der Waals surface area contributed by atoms with Crippen molar-refractivity contribution in [1.29, 1.82) is 0 Å². The molecule has 9 rings (SSSR count). The van der Waals surface area contributed by atoms with E-state index in [4.69, 9.17) is 31.0 Å². The summed E-state index contributed by atoms with van der Waals surface area (Å²) in [6.07, 6.45) is 8.48. The lowest BCUT2D eigenvalue weighted by atomic mass is 10.0. The molecule has 268 valence electrons. The molecule has 2 aliphatic rings. The Morgan fingerprint density at radius 2 is 0.764 bits per heavy atom. The smallest absolute Gasteiger partial charge is 0.119 e. The number of rotatable bonds is 10. The molecule has 0 spiro atoms. The third-order valence-electron chi connectivity index (χ3n) is 9.80. The van der Waals surface area contributed by atoms with Crippen LogP contribution in [0, 0.1) is 0 Å². The molecule has 0 fully saturated rings. The van der Waals surface area contributed by atoms with E-state index in [1.54, 1.807) is 0 Å². The summed E-state index contributed by atoms with van der Waals surface area (Å²) in [5, 5.41) is 0. The van der Waals surface area contributed by atoms with Gasteiger partial charge in [-0.2, -0.15) is 0 Å².